The zero-order valence-corrected chi connectivity index (χ0v) is 17.5. The van der Waals surface area contributed by atoms with Crippen molar-refractivity contribution in [1.82, 2.24) is 10.4 Å². The van der Waals surface area contributed by atoms with E-state index in [4.69, 9.17) is 4.74 Å². The highest BCUT2D eigenvalue weighted by Crippen LogP contribution is 2.46. The lowest BCUT2D eigenvalue weighted by atomic mass is 9.75. The Kier molecular flexibility index (Phi) is 4.52. The number of fused-ring (bicyclic) bond motifs is 1. The van der Waals surface area contributed by atoms with Crippen LogP contribution < -0.4 is 10.7 Å². The molecule has 2 aliphatic heterocycles. The number of hydrazine groups is 1. The zero-order valence-electron chi connectivity index (χ0n) is 17.5. The summed E-state index contributed by atoms with van der Waals surface area (Å²) >= 11 is 0. The van der Waals surface area contributed by atoms with Crippen LogP contribution >= 0.6 is 0 Å². The van der Waals surface area contributed by atoms with Crippen LogP contribution in [0.1, 0.15) is 63.5 Å². The summed E-state index contributed by atoms with van der Waals surface area (Å²) in [6, 6.07) is 7.07. The van der Waals surface area contributed by atoms with E-state index in [0.717, 1.165) is 25.9 Å². The maximum atomic E-state index is 6.18. The Balaban J connectivity index is 1.45. The van der Waals surface area contributed by atoms with Gasteiger partial charge in [-0.1, -0.05) is 26.0 Å². The van der Waals surface area contributed by atoms with E-state index in [1.807, 2.05) is 7.05 Å². The smallest absolute Gasteiger partial charge is 0.143 e. The molecule has 4 nitrogen and oxygen atoms in total. The van der Waals surface area contributed by atoms with Crippen LogP contribution in [0.25, 0.3) is 6.08 Å². The molecule has 1 saturated heterocycles. The van der Waals surface area contributed by atoms with Crippen LogP contribution in [-0.4, -0.2) is 30.9 Å². The molecule has 1 aromatic carbocycles. The summed E-state index contributed by atoms with van der Waals surface area (Å²) in [5.74, 6) is 0. The van der Waals surface area contributed by atoms with Gasteiger partial charge >= 0.3 is 0 Å². The Labute approximate surface area is 169 Å². The molecule has 2 unspecified atom stereocenters. The van der Waals surface area contributed by atoms with Crippen LogP contribution in [0.2, 0.25) is 0 Å². The van der Waals surface area contributed by atoms with E-state index >= 15 is 0 Å². The number of hydrogen-bond acceptors (Lipinski definition) is 4. The maximum absolute atomic E-state index is 6.18. The molecule has 4 aliphatic rings. The van der Waals surface area contributed by atoms with Crippen molar-refractivity contribution < 1.29 is 4.74 Å². The van der Waals surface area contributed by atoms with Gasteiger partial charge in [-0.25, -0.2) is 5.43 Å². The van der Waals surface area contributed by atoms with E-state index in [0.29, 0.717) is 11.5 Å². The zero-order chi connectivity index (χ0) is 19.3. The Bertz CT molecular complexity index is 832. The molecule has 0 radical (unpaired) electrons. The number of allylic oxidation sites excluding steroid dienone is 1. The topological polar surface area (TPSA) is 36.5 Å². The highest BCUT2D eigenvalue weighted by Gasteiger charge is 2.42. The molecule has 0 amide bonds. The van der Waals surface area contributed by atoms with Gasteiger partial charge in [0, 0.05) is 25.0 Å². The highest BCUT2D eigenvalue weighted by atomic mass is 16.5. The number of hydrogen-bond donors (Lipinski definition) is 2. The van der Waals surface area contributed by atoms with Crippen LogP contribution in [-0.2, 0) is 11.2 Å². The third-order valence-electron chi connectivity index (χ3n) is 6.98. The molecule has 0 saturated carbocycles. The quantitative estimate of drug-likeness (QED) is 0.787. The molecule has 2 aliphatic carbocycles. The van der Waals surface area contributed by atoms with Gasteiger partial charge in [0.25, 0.3) is 0 Å². The first-order valence-electron chi connectivity index (χ1n) is 10.9. The minimum absolute atomic E-state index is 0.193. The molecule has 2 atom stereocenters. The molecule has 0 bridgehead atoms. The summed E-state index contributed by atoms with van der Waals surface area (Å²) < 4.78 is 6.18. The van der Waals surface area contributed by atoms with Crippen LogP contribution in [0.15, 0.2) is 35.0 Å². The van der Waals surface area contributed by atoms with E-state index in [2.05, 4.69) is 53.9 Å². The van der Waals surface area contributed by atoms with Crippen molar-refractivity contribution in [2.24, 2.45) is 5.41 Å². The van der Waals surface area contributed by atoms with Crippen LogP contribution in [0.3, 0.4) is 0 Å². The Hall–Kier alpha value is -1.78. The fraction of sp³-hybridized carbons (Fsp3) is 0.583. The van der Waals surface area contributed by atoms with E-state index < -0.39 is 0 Å². The maximum Gasteiger partial charge on any atom is 0.143 e. The number of anilines is 1. The van der Waals surface area contributed by atoms with Crippen molar-refractivity contribution >= 4 is 11.8 Å². The number of nitrogens with zero attached hydrogens (tertiary/aromatic N) is 1. The summed E-state index contributed by atoms with van der Waals surface area (Å²) in [7, 11) is 1.99. The largest absolute Gasteiger partial charge is 0.388 e. The summed E-state index contributed by atoms with van der Waals surface area (Å²) in [4.78, 5) is 0. The highest BCUT2D eigenvalue weighted by molar-refractivity contribution is 5.69. The lowest BCUT2D eigenvalue weighted by Crippen LogP contribution is -2.47. The fourth-order valence-electron chi connectivity index (χ4n) is 5.32. The molecule has 150 valence electrons. The second-order valence-electron chi connectivity index (χ2n) is 9.63. The van der Waals surface area contributed by atoms with Crippen LogP contribution in [0, 0.1) is 5.41 Å². The molecule has 5 rings (SSSR count). The number of ether oxygens (including phenoxy) is 1. The molecule has 0 aromatic heterocycles. The van der Waals surface area contributed by atoms with Crippen molar-refractivity contribution in [3.05, 3.63) is 46.2 Å². The van der Waals surface area contributed by atoms with Crippen molar-refractivity contribution in [1.29, 1.82) is 0 Å². The van der Waals surface area contributed by atoms with Crippen LogP contribution in [0.5, 0.6) is 0 Å². The first-order valence-corrected chi connectivity index (χ1v) is 10.9. The number of nitrogens with one attached hydrogen (secondary N) is 2. The molecule has 0 spiro atoms. The third kappa shape index (κ3) is 3.17. The van der Waals surface area contributed by atoms with Crippen molar-refractivity contribution in [2.45, 2.75) is 71.1 Å². The summed E-state index contributed by atoms with van der Waals surface area (Å²) in [5.41, 5.74) is 12.9. The summed E-state index contributed by atoms with van der Waals surface area (Å²) in [6.07, 6.45) is 10.9. The predicted molar refractivity (Wildman–Crippen MR) is 115 cm³/mol. The number of rotatable bonds is 3. The summed E-state index contributed by atoms with van der Waals surface area (Å²) in [6.45, 7) is 5.71. The molecule has 2 heterocycles. The van der Waals surface area contributed by atoms with Gasteiger partial charge in [0.2, 0.25) is 0 Å². The molecule has 28 heavy (non-hydrogen) atoms. The number of benzene rings is 1. The standard InChI is InChI=1S/C24H33N3O/c1-24(2)10-9-20-21(15-24)27(22-6-4-5-11-28-22)26-23(20)18-12-16-7-8-19(25-3)14-17(16)13-18/h7-8,12,14,22-23,25-26H,4-6,9-11,13,15H2,1-3H3. The van der Waals surface area contributed by atoms with Crippen molar-refractivity contribution in [2.75, 3.05) is 19.0 Å². The first-order chi connectivity index (χ1) is 13.5. The van der Waals surface area contributed by atoms with E-state index in [9.17, 15) is 0 Å². The molecular formula is C24H33N3O. The lowest BCUT2D eigenvalue weighted by Gasteiger charge is -2.38. The second-order valence-corrected chi connectivity index (χ2v) is 9.63. The SMILES string of the molecule is CNc1ccc2c(c1)CC(C1NN(C3CCCCO3)C3=C1CCC(C)(C)C3)=C2. The second kappa shape index (κ2) is 6.93. The minimum atomic E-state index is 0.193. The molecule has 1 aromatic rings. The van der Waals surface area contributed by atoms with E-state index in [-0.39, 0.29) is 6.23 Å². The van der Waals surface area contributed by atoms with Crippen molar-refractivity contribution in [3.63, 3.8) is 0 Å². The Morgan fingerprint density at radius 3 is 2.93 bits per heavy atom. The predicted octanol–water partition coefficient (Wildman–Crippen LogP) is 4.85. The molecule has 1 fully saturated rings. The van der Waals surface area contributed by atoms with Gasteiger partial charge in [0.15, 0.2) is 0 Å². The lowest BCUT2D eigenvalue weighted by molar-refractivity contribution is -0.0904. The van der Waals surface area contributed by atoms with Gasteiger partial charge in [-0.15, -0.1) is 0 Å². The average Bonchev–Trinajstić information content (AvgIpc) is 3.28. The molecule has 4 heteroatoms. The Morgan fingerprint density at radius 2 is 2.14 bits per heavy atom. The minimum Gasteiger partial charge on any atom is -0.388 e. The van der Waals surface area contributed by atoms with Crippen LogP contribution in [0.4, 0.5) is 5.69 Å². The monoisotopic (exact) mass is 379 g/mol. The molecular weight excluding hydrogens is 346 g/mol. The first kappa shape index (κ1) is 18.3. The van der Waals surface area contributed by atoms with Gasteiger partial charge < -0.3 is 10.1 Å². The average molecular weight is 380 g/mol. The van der Waals surface area contributed by atoms with Gasteiger partial charge in [0.05, 0.1) is 6.04 Å². The van der Waals surface area contributed by atoms with E-state index in [1.165, 1.54) is 53.8 Å². The van der Waals surface area contributed by atoms with Gasteiger partial charge in [-0.05, 0) is 84.8 Å². The van der Waals surface area contributed by atoms with Gasteiger partial charge in [-0.3, -0.25) is 5.01 Å². The normalized spacial score (nSPS) is 28.8. The summed E-state index contributed by atoms with van der Waals surface area (Å²) in [5, 5.41) is 5.69. The van der Waals surface area contributed by atoms with Gasteiger partial charge in [-0.2, -0.15) is 0 Å². The van der Waals surface area contributed by atoms with Gasteiger partial charge in [0.1, 0.15) is 6.23 Å². The fourth-order valence-corrected chi connectivity index (χ4v) is 5.32. The third-order valence-corrected chi connectivity index (χ3v) is 6.98. The van der Waals surface area contributed by atoms with Crippen molar-refractivity contribution in [3.8, 4) is 0 Å². The molecule has 2 N–H and O–H groups in total. The van der Waals surface area contributed by atoms with E-state index in [1.54, 1.807) is 5.57 Å². The Morgan fingerprint density at radius 1 is 1.25 bits per heavy atom.